The van der Waals surface area contributed by atoms with Crippen molar-refractivity contribution >= 4 is 40.7 Å². The van der Waals surface area contributed by atoms with Gasteiger partial charge in [0, 0.05) is 33.3 Å². The van der Waals surface area contributed by atoms with Crippen molar-refractivity contribution in [3.8, 4) is 5.75 Å². The minimum absolute atomic E-state index is 0.188. The average molecular weight is 588 g/mol. The van der Waals surface area contributed by atoms with Crippen LogP contribution in [0.1, 0.15) is 73.4 Å². The summed E-state index contributed by atoms with van der Waals surface area (Å²) in [7, 11) is 1.56. The number of carbonyl (C=O) groups excluding carboxylic acids is 3. The molecule has 0 radical (unpaired) electrons. The third-order valence-corrected chi connectivity index (χ3v) is 9.59. The molecule has 4 aromatic rings. The van der Waals surface area contributed by atoms with Crippen LogP contribution in [0.4, 0.5) is 5.69 Å². The van der Waals surface area contributed by atoms with Gasteiger partial charge in [0.25, 0.3) is 0 Å². The quantitative estimate of drug-likeness (QED) is 0.176. The minimum atomic E-state index is -1.55. The number of methoxy groups -OCH3 is 1. The minimum Gasteiger partial charge on any atom is -0.497 e. The zero-order valence-electron chi connectivity index (χ0n) is 24.1. The fourth-order valence-electron chi connectivity index (χ4n) is 7.36. The van der Waals surface area contributed by atoms with Gasteiger partial charge in [-0.25, -0.2) is 0 Å². The lowest BCUT2D eigenvalue weighted by atomic mass is 9.64. The van der Waals surface area contributed by atoms with Crippen LogP contribution in [-0.2, 0) is 0 Å². The maximum atomic E-state index is 14.9. The number of ether oxygens (including phenoxy) is 1. The molecule has 0 unspecified atom stereocenters. The van der Waals surface area contributed by atoms with Gasteiger partial charge in [-0.3, -0.25) is 14.4 Å². The van der Waals surface area contributed by atoms with Gasteiger partial charge < -0.3 is 9.64 Å². The van der Waals surface area contributed by atoms with Crippen LogP contribution in [0.5, 0.6) is 5.75 Å². The molecule has 5 nitrogen and oxygen atoms in total. The Morgan fingerprint density at radius 1 is 0.884 bits per heavy atom. The molecule has 214 valence electrons. The number of carbonyl (C=O) groups is 3. The summed E-state index contributed by atoms with van der Waals surface area (Å²) in [4.78, 5) is 46.4. The van der Waals surface area contributed by atoms with E-state index in [2.05, 4.69) is 13.8 Å². The van der Waals surface area contributed by atoms with E-state index in [0.29, 0.717) is 33.4 Å². The molecule has 0 saturated carbocycles. The van der Waals surface area contributed by atoms with Crippen molar-refractivity contribution in [3.05, 3.63) is 135 Å². The number of ketones is 3. The first-order valence-electron chi connectivity index (χ1n) is 14.5. The molecule has 4 aromatic carbocycles. The van der Waals surface area contributed by atoms with Crippen LogP contribution in [0.3, 0.4) is 0 Å². The zero-order chi connectivity index (χ0) is 30.0. The van der Waals surface area contributed by atoms with E-state index in [1.165, 1.54) is 0 Å². The van der Waals surface area contributed by atoms with E-state index in [9.17, 15) is 14.4 Å². The van der Waals surface area contributed by atoms with E-state index in [4.69, 9.17) is 16.3 Å². The van der Waals surface area contributed by atoms with Gasteiger partial charge in [0.2, 0.25) is 0 Å². The summed E-state index contributed by atoms with van der Waals surface area (Å²) in [5, 5.41) is 0.563. The third-order valence-electron chi connectivity index (χ3n) is 9.35. The van der Waals surface area contributed by atoms with Crippen molar-refractivity contribution in [2.75, 3.05) is 12.0 Å². The van der Waals surface area contributed by atoms with E-state index < -0.39 is 23.4 Å². The fraction of sp³-hybridized carbons (Fsp3) is 0.216. The summed E-state index contributed by atoms with van der Waals surface area (Å²) in [5.74, 6) is -0.597. The first-order chi connectivity index (χ1) is 20.8. The van der Waals surface area contributed by atoms with Gasteiger partial charge in [0.15, 0.2) is 17.3 Å². The number of fused-ring (bicyclic) bond motifs is 5. The standard InChI is InChI=1S/C37H30ClNO4/c1-21(2)22-11-13-23(14-12-22)32-33(34(40)25-7-6-8-27(20-25)43-3)39-30-17-16-26(38)19-24(30)15-18-31(39)37(32)35(41)28-9-4-5-10-29(28)36(37)42/h4-21,31-33H,1-3H3/t31-,32+,33-/m1/s1. The third kappa shape index (κ3) is 3.88. The van der Waals surface area contributed by atoms with E-state index in [-0.39, 0.29) is 17.3 Å². The van der Waals surface area contributed by atoms with E-state index >= 15 is 0 Å². The predicted molar refractivity (Wildman–Crippen MR) is 169 cm³/mol. The van der Waals surface area contributed by atoms with E-state index in [1.807, 2.05) is 53.5 Å². The highest BCUT2D eigenvalue weighted by molar-refractivity contribution is 6.32. The highest BCUT2D eigenvalue weighted by atomic mass is 35.5. The predicted octanol–water partition coefficient (Wildman–Crippen LogP) is 7.79. The van der Waals surface area contributed by atoms with Crippen molar-refractivity contribution in [2.24, 2.45) is 5.41 Å². The second-order valence-electron chi connectivity index (χ2n) is 11.8. The Balaban J connectivity index is 1.53. The van der Waals surface area contributed by atoms with Crippen molar-refractivity contribution in [1.29, 1.82) is 0 Å². The van der Waals surface area contributed by atoms with E-state index in [1.54, 1.807) is 61.7 Å². The number of halogens is 1. The van der Waals surface area contributed by atoms with Crippen LogP contribution < -0.4 is 9.64 Å². The normalized spacial score (nSPS) is 21.2. The Bertz CT molecular complexity index is 1800. The molecule has 3 aliphatic rings. The summed E-state index contributed by atoms with van der Waals surface area (Å²) >= 11 is 6.40. The molecule has 0 amide bonds. The van der Waals surface area contributed by atoms with Gasteiger partial charge in [0.05, 0.1) is 13.2 Å². The molecule has 1 fully saturated rings. The largest absolute Gasteiger partial charge is 0.497 e. The Kier molecular flexibility index (Phi) is 6.40. The molecule has 1 saturated heterocycles. The molecule has 1 aliphatic carbocycles. The van der Waals surface area contributed by atoms with Gasteiger partial charge >= 0.3 is 0 Å². The summed E-state index contributed by atoms with van der Waals surface area (Å²) < 4.78 is 5.46. The second-order valence-corrected chi connectivity index (χ2v) is 12.3. The molecule has 0 aromatic heterocycles. The molecule has 0 N–H and O–H groups in total. The van der Waals surface area contributed by atoms with Gasteiger partial charge in [0.1, 0.15) is 17.2 Å². The number of hydrogen-bond acceptors (Lipinski definition) is 5. The molecule has 1 spiro atoms. The summed E-state index contributed by atoms with van der Waals surface area (Å²) in [6.07, 6.45) is 3.83. The highest BCUT2D eigenvalue weighted by Crippen LogP contribution is 2.61. The van der Waals surface area contributed by atoms with Crippen molar-refractivity contribution < 1.29 is 19.1 Å². The molecule has 0 bridgehead atoms. The molecular formula is C37H30ClNO4. The SMILES string of the molecule is COc1cccc(C(=O)[C@H]2[C@H](c3ccc(C(C)C)cc3)C3(C(=O)c4ccccc4C3=O)[C@H]3C=Cc4cc(Cl)ccc4N23)c1. The Morgan fingerprint density at radius 2 is 1.58 bits per heavy atom. The van der Waals surface area contributed by atoms with Crippen molar-refractivity contribution in [1.82, 2.24) is 0 Å². The van der Waals surface area contributed by atoms with Gasteiger partial charge in [-0.2, -0.15) is 0 Å². The highest BCUT2D eigenvalue weighted by Gasteiger charge is 2.71. The molecule has 6 heteroatoms. The maximum Gasteiger partial charge on any atom is 0.186 e. The van der Waals surface area contributed by atoms with Crippen LogP contribution >= 0.6 is 11.6 Å². The Hall–Kier alpha value is -4.48. The van der Waals surface area contributed by atoms with Crippen LogP contribution in [0.25, 0.3) is 6.08 Å². The smallest absolute Gasteiger partial charge is 0.186 e. The number of anilines is 1. The number of rotatable bonds is 5. The average Bonchev–Trinajstić information content (AvgIpc) is 3.46. The van der Waals surface area contributed by atoms with Crippen LogP contribution in [0.2, 0.25) is 5.02 Å². The molecule has 43 heavy (non-hydrogen) atoms. The fourth-order valence-corrected chi connectivity index (χ4v) is 7.54. The van der Waals surface area contributed by atoms with Crippen molar-refractivity contribution in [2.45, 2.75) is 37.8 Å². The maximum absolute atomic E-state index is 14.9. The summed E-state index contributed by atoms with van der Waals surface area (Å²) in [6.45, 7) is 4.24. The summed E-state index contributed by atoms with van der Waals surface area (Å²) in [6, 6.07) is 26.1. The van der Waals surface area contributed by atoms with Gasteiger partial charge in [-0.1, -0.05) is 98.3 Å². The second kappa shape index (κ2) is 10.1. The molecule has 2 aliphatic heterocycles. The monoisotopic (exact) mass is 587 g/mol. The first-order valence-corrected chi connectivity index (χ1v) is 14.9. The summed E-state index contributed by atoms with van der Waals surface area (Å²) in [5.41, 5.74) is 3.21. The van der Waals surface area contributed by atoms with Crippen LogP contribution in [0.15, 0.2) is 97.1 Å². The number of nitrogens with zero attached hydrogens (tertiary/aromatic N) is 1. The Labute approximate surface area is 255 Å². The van der Waals surface area contributed by atoms with Crippen LogP contribution in [-0.4, -0.2) is 36.5 Å². The molecule has 7 rings (SSSR count). The number of benzene rings is 4. The van der Waals surface area contributed by atoms with E-state index in [0.717, 1.165) is 22.4 Å². The van der Waals surface area contributed by atoms with Crippen LogP contribution in [0, 0.1) is 5.41 Å². The van der Waals surface area contributed by atoms with Crippen molar-refractivity contribution in [3.63, 3.8) is 0 Å². The lowest BCUT2D eigenvalue weighted by molar-refractivity contribution is 0.0666. The molecular weight excluding hydrogens is 558 g/mol. The number of hydrogen-bond donors (Lipinski definition) is 0. The first kappa shape index (κ1) is 27.4. The topological polar surface area (TPSA) is 63.7 Å². The van der Waals surface area contributed by atoms with Gasteiger partial charge in [-0.15, -0.1) is 0 Å². The zero-order valence-corrected chi connectivity index (χ0v) is 24.8. The molecule has 2 heterocycles. The van der Waals surface area contributed by atoms with Gasteiger partial charge in [-0.05, 0) is 52.9 Å². The number of Topliss-reactive ketones (excluding diaryl/α,β-unsaturated/α-hetero) is 3. The Morgan fingerprint density at radius 3 is 2.23 bits per heavy atom. The lowest BCUT2D eigenvalue weighted by Gasteiger charge is -2.37. The lowest BCUT2D eigenvalue weighted by Crippen LogP contribution is -2.48. The molecule has 3 atom stereocenters.